The zero-order valence-electron chi connectivity index (χ0n) is 12.4. The van der Waals surface area contributed by atoms with E-state index in [0.717, 1.165) is 43.3 Å². The summed E-state index contributed by atoms with van der Waals surface area (Å²) < 4.78 is 0. The number of thiazole rings is 1. The normalized spacial score (nSPS) is 10.8. The average Bonchev–Trinajstić information content (AvgIpc) is 2.97. The van der Waals surface area contributed by atoms with Gasteiger partial charge >= 0.3 is 0 Å². The van der Waals surface area contributed by atoms with Gasteiger partial charge in [-0.3, -0.25) is 0 Å². The van der Waals surface area contributed by atoms with E-state index in [4.69, 9.17) is 4.98 Å². The zero-order valence-corrected chi connectivity index (χ0v) is 13.2. The van der Waals surface area contributed by atoms with Crippen molar-refractivity contribution >= 4 is 17.2 Å². The van der Waals surface area contributed by atoms with E-state index in [2.05, 4.69) is 53.6 Å². The summed E-state index contributed by atoms with van der Waals surface area (Å²) in [6.07, 6.45) is 0.956. The number of rotatable bonds is 7. The Kier molecular flexibility index (Phi) is 5.49. The van der Waals surface area contributed by atoms with E-state index in [1.54, 1.807) is 11.3 Å². The summed E-state index contributed by atoms with van der Waals surface area (Å²) in [6.45, 7) is 6.93. The molecule has 0 saturated heterocycles. The Bertz CT molecular complexity index is 525. The van der Waals surface area contributed by atoms with Crippen molar-refractivity contribution in [1.29, 1.82) is 0 Å². The molecule has 0 aromatic carbocycles. The molecule has 0 spiro atoms. The van der Waals surface area contributed by atoms with Gasteiger partial charge in [0.1, 0.15) is 5.82 Å². The lowest BCUT2D eigenvalue weighted by molar-refractivity contribution is 0.723. The van der Waals surface area contributed by atoms with Crippen LogP contribution < -0.4 is 10.2 Å². The monoisotopic (exact) mass is 290 g/mol. The Hall–Kier alpha value is -1.46. The lowest BCUT2D eigenvalue weighted by atomic mass is 10.2. The number of anilines is 1. The lowest BCUT2D eigenvalue weighted by Crippen LogP contribution is -2.19. The van der Waals surface area contributed by atoms with Crippen LogP contribution >= 0.6 is 11.3 Å². The van der Waals surface area contributed by atoms with E-state index in [0.29, 0.717) is 0 Å². The maximum atomic E-state index is 4.71. The molecule has 2 heterocycles. The summed E-state index contributed by atoms with van der Waals surface area (Å²) in [5.74, 6) is 1.02. The number of hydrogen-bond acceptors (Lipinski definition) is 5. The molecule has 0 atom stereocenters. The van der Waals surface area contributed by atoms with Gasteiger partial charge in [-0.1, -0.05) is 13.8 Å². The van der Waals surface area contributed by atoms with E-state index in [1.165, 1.54) is 5.56 Å². The fourth-order valence-corrected chi connectivity index (χ4v) is 2.57. The van der Waals surface area contributed by atoms with E-state index in [-0.39, 0.29) is 0 Å². The second kappa shape index (κ2) is 7.36. The predicted molar refractivity (Wildman–Crippen MR) is 85.2 cm³/mol. The van der Waals surface area contributed by atoms with Gasteiger partial charge in [0.15, 0.2) is 0 Å². The van der Waals surface area contributed by atoms with Crippen LogP contribution in [0.15, 0.2) is 23.0 Å². The molecule has 1 N–H and O–H groups in total. The van der Waals surface area contributed by atoms with Crippen LogP contribution in [0.5, 0.6) is 0 Å². The van der Waals surface area contributed by atoms with Crippen molar-refractivity contribution in [3.8, 4) is 0 Å². The SMILES string of the molecule is CCNCc1cc(CC)nc(N(C)Cc2cscn2)c1. The Morgan fingerprint density at radius 3 is 2.75 bits per heavy atom. The van der Waals surface area contributed by atoms with E-state index >= 15 is 0 Å². The highest BCUT2D eigenvalue weighted by molar-refractivity contribution is 7.07. The standard InChI is InChI=1S/C15H22N4S/c1-4-13-6-12(8-16-5-2)7-15(18-13)19(3)9-14-10-20-11-17-14/h6-7,10-11,16H,4-5,8-9H2,1-3H3. The number of hydrogen-bond donors (Lipinski definition) is 1. The molecule has 0 bridgehead atoms. The average molecular weight is 290 g/mol. The molecule has 2 rings (SSSR count). The Balaban J connectivity index is 2.16. The molecule has 0 unspecified atom stereocenters. The molecule has 20 heavy (non-hydrogen) atoms. The largest absolute Gasteiger partial charge is 0.354 e. The quantitative estimate of drug-likeness (QED) is 0.851. The molecular formula is C15H22N4S. The molecule has 0 saturated carbocycles. The first-order chi connectivity index (χ1) is 9.72. The van der Waals surface area contributed by atoms with Gasteiger partial charge in [0, 0.05) is 24.7 Å². The summed E-state index contributed by atoms with van der Waals surface area (Å²) in [5.41, 5.74) is 5.39. The van der Waals surface area contributed by atoms with E-state index in [1.807, 2.05) is 5.51 Å². The van der Waals surface area contributed by atoms with Crippen LogP contribution in [0.1, 0.15) is 30.8 Å². The van der Waals surface area contributed by atoms with Crippen molar-refractivity contribution in [2.45, 2.75) is 33.4 Å². The number of aryl methyl sites for hydroxylation is 1. The maximum Gasteiger partial charge on any atom is 0.129 e. The van der Waals surface area contributed by atoms with Crippen molar-refractivity contribution < 1.29 is 0 Å². The van der Waals surface area contributed by atoms with E-state index in [9.17, 15) is 0 Å². The van der Waals surface area contributed by atoms with E-state index < -0.39 is 0 Å². The highest BCUT2D eigenvalue weighted by Crippen LogP contribution is 2.17. The van der Waals surface area contributed by atoms with Crippen LogP contribution in [-0.2, 0) is 19.5 Å². The minimum atomic E-state index is 0.796. The van der Waals surface area contributed by atoms with Gasteiger partial charge in [0.25, 0.3) is 0 Å². The summed E-state index contributed by atoms with van der Waals surface area (Å²) in [7, 11) is 2.07. The van der Waals surface area contributed by atoms with Crippen molar-refractivity contribution in [3.63, 3.8) is 0 Å². The Morgan fingerprint density at radius 2 is 2.10 bits per heavy atom. The third kappa shape index (κ3) is 4.02. The highest BCUT2D eigenvalue weighted by atomic mass is 32.1. The van der Waals surface area contributed by atoms with Crippen molar-refractivity contribution in [2.24, 2.45) is 0 Å². The Labute approximate surface area is 124 Å². The summed E-state index contributed by atoms with van der Waals surface area (Å²) in [5, 5.41) is 5.45. The minimum absolute atomic E-state index is 0.796. The number of nitrogens with zero attached hydrogens (tertiary/aromatic N) is 3. The van der Waals surface area contributed by atoms with Crippen LogP contribution in [-0.4, -0.2) is 23.6 Å². The molecule has 0 amide bonds. The molecule has 0 fully saturated rings. The molecule has 108 valence electrons. The number of pyridine rings is 1. The number of nitrogens with one attached hydrogen (secondary N) is 1. The lowest BCUT2D eigenvalue weighted by Gasteiger charge is -2.19. The minimum Gasteiger partial charge on any atom is -0.354 e. The van der Waals surface area contributed by atoms with Crippen LogP contribution in [0.2, 0.25) is 0 Å². The molecule has 0 radical (unpaired) electrons. The smallest absolute Gasteiger partial charge is 0.129 e. The van der Waals surface area contributed by atoms with Gasteiger partial charge in [-0.15, -0.1) is 11.3 Å². The fraction of sp³-hybridized carbons (Fsp3) is 0.467. The molecule has 0 aliphatic rings. The first-order valence-electron chi connectivity index (χ1n) is 7.01. The van der Waals surface area contributed by atoms with Crippen molar-refractivity contribution in [3.05, 3.63) is 40.0 Å². The molecule has 0 aliphatic carbocycles. The van der Waals surface area contributed by atoms with Crippen LogP contribution in [0, 0.1) is 0 Å². The highest BCUT2D eigenvalue weighted by Gasteiger charge is 2.08. The third-order valence-electron chi connectivity index (χ3n) is 3.14. The van der Waals surface area contributed by atoms with Crippen molar-refractivity contribution in [1.82, 2.24) is 15.3 Å². The topological polar surface area (TPSA) is 41.1 Å². The van der Waals surface area contributed by atoms with Gasteiger partial charge in [-0.25, -0.2) is 9.97 Å². The van der Waals surface area contributed by atoms with Crippen LogP contribution in [0.3, 0.4) is 0 Å². The molecule has 0 aliphatic heterocycles. The second-order valence-electron chi connectivity index (χ2n) is 4.79. The Morgan fingerprint density at radius 1 is 1.25 bits per heavy atom. The third-order valence-corrected chi connectivity index (χ3v) is 3.78. The molecule has 2 aromatic rings. The molecule has 4 nitrogen and oxygen atoms in total. The summed E-state index contributed by atoms with van der Waals surface area (Å²) >= 11 is 1.63. The molecular weight excluding hydrogens is 268 g/mol. The zero-order chi connectivity index (χ0) is 14.4. The molecule has 5 heteroatoms. The van der Waals surface area contributed by atoms with Gasteiger partial charge in [0.2, 0.25) is 0 Å². The van der Waals surface area contributed by atoms with Gasteiger partial charge < -0.3 is 10.2 Å². The van der Waals surface area contributed by atoms with Crippen LogP contribution in [0.4, 0.5) is 5.82 Å². The first kappa shape index (κ1) is 14.9. The molecule has 2 aromatic heterocycles. The fourth-order valence-electron chi connectivity index (χ4n) is 2.02. The maximum absolute atomic E-state index is 4.71. The van der Waals surface area contributed by atoms with Gasteiger partial charge in [0.05, 0.1) is 17.7 Å². The number of aromatic nitrogens is 2. The first-order valence-corrected chi connectivity index (χ1v) is 7.96. The van der Waals surface area contributed by atoms with Gasteiger partial charge in [-0.05, 0) is 30.7 Å². The summed E-state index contributed by atoms with van der Waals surface area (Å²) in [4.78, 5) is 11.2. The predicted octanol–water partition coefficient (Wildman–Crippen LogP) is 2.85. The van der Waals surface area contributed by atoms with Gasteiger partial charge in [-0.2, -0.15) is 0 Å². The van der Waals surface area contributed by atoms with Crippen LogP contribution in [0.25, 0.3) is 0 Å². The summed E-state index contributed by atoms with van der Waals surface area (Å²) in [6, 6.07) is 4.34. The van der Waals surface area contributed by atoms with Crippen molar-refractivity contribution in [2.75, 3.05) is 18.5 Å². The second-order valence-corrected chi connectivity index (χ2v) is 5.51.